The molecule has 0 N–H and O–H groups in total. The van der Waals surface area contributed by atoms with E-state index in [1.165, 1.54) is 0 Å². The van der Waals surface area contributed by atoms with E-state index < -0.39 is 5.60 Å². The van der Waals surface area contributed by atoms with Gasteiger partial charge in [-0.3, -0.25) is 4.68 Å². The Kier molecular flexibility index (Phi) is 5.73. The van der Waals surface area contributed by atoms with Gasteiger partial charge in [0.1, 0.15) is 5.60 Å². The van der Waals surface area contributed by atoms with Crippen LogP contribution in [0, 0.1) is 24.2 Å². The summed E-state index contributed by atoms with van der Waals surface area (Å²) in [7, 11) is 0. The van der Waals surface area contributed by atoms with Gasteiger partial charge in [0.05, 0.1) is 17.8 Å². The molecule has 0 aliphatic carbocycles. The van der Waals surface area contributed by atoms with Crippen LogP contribution in [0.2, 0.25) is 0 Å². The minimum atomic E-state index is -0.455. The van der Waals surface area contributed by atoms with Gasteiger partial charge in [0.15, 0.2) is 0 Å². The van der Waals surface area contributed by atoms with Crippen molar-refractivity contribution in [2.75, 3.05) is 13.1 Å². The summed E-state index contributed by atoms with van der Waals surface area (Å²) in [5.41, 5.74) is 3.45. The van der Waals surface area contributed by atoms with Crippen LogP contribution in [-0.4, -0.2) is 39.5 Å². The first-order valence-electron chi connectivity index (χ1n) is 9.76. The number of aromatic nitrogens is 2. The molecule has 1 aromatic heterocycles. The monoisotopic (exact) mass is 380 g/mol. The molecule has 148 valence electrons. The highest BCUT2D eigenvalue weighted by molar-refractivity contribution is 5.68. The number of aryl methyl sites for hydroxylation is 1. The van der Waals surface area contributed by atoms with Crippen LogP contribution in [0.4, 0.5) is 4.79 Å². The van der Waals surface area contributed by atoms with Crippen molar-refractivity contribution in [1.82, 2.24) is 14.7 Å². The molecule has 1 aliphatic heterocycles. The highest BCUT2D eigenvalue weighted by Gasteiger charge is 2.27. The van der Waals surface area contributed by atoms with Crippen molar-refractivity contribution in [3.05, 3.63) is 41.7 Å². The molecule has 0 spiro atoms. The maximum atomic E-state index is 12.2. The summed E-state index contributed by atoms with van der Waals surface area (Å²) in [6.45, 7) is 9.98. The summed E-state index contributed by atoms with van der Waals surface area (Å²) in [4.78, 5) is 14.0. The number of benzene rings is 1. The number of nitrogens with zero attached hydrogens (tertiary/aromatic N) is 4. The predicted octanol–water partition coefficient (Wildman–Crippen LogP) is 4.38. The maximum Gasteiger partial charge on any atom is 0.410 e. The van der Waals surface area contributed by atoms with Crippen LogP contribution in [0.15, 0.2) is 30.6 Å². The molecule has 2 heterocycles. The molecule has 28 heavy (non-hydrogen) atoms. The zero-order valence-electron chi connectivity index (χ0n) is 17.1. The second-order valence-corrected chi connectivity index (χ2v) is 8.50. The van der Waals surface area contributed by atoms with Crippen LogP contribution >= 0.6 is 0 Å². The van der Waals surface area contributed by atoms with Gasteiger partial charge in [0.25, 0.3) is 0 Å². The molecule has 6 heteroatoms. The third-order valence-corrected chi connectivity index (χ3v) is 5.01. The van der Waals surface area contributed by atoms with Gasteiger partial charge in [0, 0.05) is 31.4 Å². The second-order valence-electron chi connectivity index (χ2n) is 8.50. The number of ether oxygens (including phenoxy) is 1. The number of likely N-dealkylation sites (tertiary alicyclic amines) is 1. The fraction of sp³-hybridized carbons (Fsp3) is 0.500. The van der Waals surface area contributed by atoms with E-state index in [2.05, 4.69) is 17.4 Å². The molecule has 0 radical (unpaired) electrons. The summed E-state index contributed by atoms with van der Waals surface area (Å²) in [6, 6.07) is 7.89. The third-order valence-electron chi connectivity index (χ3n) is 5.01. The molecule has 1 saturated heterocycles. The molecule has 1 aliphatic rings. The van der Waals surface area contributed by atoms with Crippen LogP contribution in [0.3, 0.4) is 0 Å². The molecule has 0 atom stereocenters. The van der Waals surface area contributed by atoms with E-state index >= 15 is 0 Å². The highest BCUT2D eigenvalue weighted by atomic mass is 16.6. The number of hydrogen-bond donors (Lipinski definition) is 0. The van der Waals surface area contributed by atoms with Gasteiger partial charge in [0.2, 0.25) is 0 Å². The molecule has 1 fully saturated rings. The quantitative estimate of drug-likeness (QED) is 0.792. The largest absolute Gasteiger partial charge is 0.444 e. The Morgan fingerprint density at radius 3 is 2.64 bits per heavy atom. The van der Waals surface area contributed by atoms with Crippen molar-refractivity contribution in [3.8, 4) is 17.2 Å². The maximum absolute atomic E-state index is 12.2. The Hall–Kier alpha value is -2.81. The molecule has 0 saturated carbocycles. The molecule has 1 aromatic carbocycles. The lowest BCUT2D eigenvalue weighted by atomic mass is 9.97. The zero-order valence-corrected chi connectivity index (χ0v) is 17.1. The number of nitriles is 1. The number of carbonyl (C=O) groups is 1. The van der Waals surface area contributed by atoms with Gasteiger partial charge in [-0.25, -0.2) is 4.79 Å². The van der Waals surface area contributed by atoms with E-state index in [1.807, 2.05) is 56.8 Å². The second kappa shape index (κ2) is 8.05. The average Bonchev–Trinajstić information content (AvgIpc) is 3.08. The molecule has 6 nitrogen and oxygen atoms in total. The SMILES string of the molecule is Cc1cc(C#N)ccc1-c1cnn(CC2CCN(C(=O)OC(C)(C)C)CC2)c1. The molecule has 0 unspecified atom stereocenters. The van der Waals surface area contributed by atoms with Crippen LogP contribution in [0.25, 0.3) is 11.1 Å². The zero-order chi connectivity index (χ0) is 20.3. The van der Waals surface area contributed by atoms with Gasteiger partial charge in [-0.1, -0.05) is 6.07 Å². The number of hydrogen-bond acceptors (Lipinski definition) is 4. The Balaban J connectivity index is 1.57. The van der Waals surface area contributed by atoms with Gasteiger partial charge in [-0.05, 0) is 69.7 Å². The summed E-state index contributed by atoms with van der Waals surface area (Å²) in [5.74, 6) is 0.494. The first-order valence-corrected chi connectivity index (χ1v) is 9.76. The van der Waals surface area contributed by atoms with Crippen LogP contribution in [0.1, 0.15) is 44.7 Å². The minimum absolute atomic E-state index is 0.219. The van der Waals surface area contributed by atoms with Crippen LogP contribution in [-0.2, 0) is 11.3 Å². The van der Waals surface area contributed by atoms with Gasteiger partial charge in [-0.2, -0.15) is 10.4 Å². The van der Waals surface area contributed by atoms with Crippen LogP contribution in [0.5, 0.6) is 0 Å². The number of amides is 1. The van der Waals surface area contributed by atoms with E-state index in [1.54, 1.807) is 4.90 Å². The summed E-state index contributed by atoms with van der Waals surface area (Å²) >= 11 is 0. The topological polar surface area (TPSA) is 71.2 Å². The molecule has 2 aromatic rings. The molecule has 3 rings (SSSR count). The van der Waals surface area contributed by atoms with E-state index in [4.69, 9.17) is 10.00 Å². The van der Waals surface area contributed by atoms with Crippen LogP contribution < -0.4 is 0 Å². The highest BCUT2D eigenvalue weighted by Crippen LogP contribution is 2.25. The lowest BCUT2D eigenvalue weighted by Crippen LogP contribution is -2.42. The molecular weight excluding hydrogens is 352 g/mol. The third kappa shape index (κ3) is 4.92. The van der Waals surface area contributed by atoms with Crippen molar-refractivity contribution in [2.45, 2.75) is 52.7 Å². The van der Waals surface area contributed by atoms with Crippen molar-refractivity contribution in [2.24, 2.45) is 5.92 Å². The lowest BCUT2D eigenvalue weighted by Gasteiger charge is -2.33. The van der Waals surface area contributed by atoms with Crippen molar-refractivity contribution >= 4 is 6.09 Å². The van der Waals surface area contributed by atoms with Gasteiger partial charge >= 0.3 is 6.09 Å². The summed E-state index contributed by atoms with van der Waals surface area (Å²) < 4.78 is 7.45. The Morgan fingerprint density at radius 1 is 1.32 bits per heavy atom. The Bertz CT molecular complexity index is 881. The summed E-state index contributed by atoms with van der Waals surface area (Å²) in [5, 5.41) is 13.5. The van der Waals surface area contributed by atoms with E-state index in [9.17, 15) is 4.79 Å². The molecular formula is C22H28N4O2. The minimum Gasteiger partial charge on any atom is -0.444 e. The van der Waals surface area contributed by atoms with E-state index in [0.29, 0.717) is 11.5 Å². The standard InChI is InChI=1S/C22H28N4O2/c1-16-11-18(12-23)5-6-20(16)19-13-24-26(15-19)14-17-7-9-25(10-8-17)21(27)28-22(2,3)4/h5-6,11,13,15,17H,7-10,14H2,1-4H3. The van der Waals surface area contributed by atoms with Crippen molar-refractivity contribution in [3.63, 3.8) is 0 Å². The van der Waals surface area contributed by atoms with E-state index in [0.717, 1.165) is 49.2 Å². The number of rotatable bonds is 3. The Morgan fingerprint density at radius 2 is 2.04 bits per heavy atom. The van der Waals surface area contributed by atoms with E-state index in [-0.39, 0.29) is 6.09 Å². The predicted molar refractivity (Wildman–Crippen MR) is 108 cm³/mol. The van der Waals surface area contributed by atoms with Gasteiger partial charge < -0.3 is 9.64 Å². The normalized spacial score (nSPS) is 15.3. The first kappa shape index (κ1) is 19.9. The Labute approximate surface area is 166 Å². The van der Waals surface area contributed by atoms with Crippen molar-refractivity contribution < 1.29 is 9.53 Å². The molecule has 0 bridgehead atoms. The number of carbonyl (C=O) groups excluding carboxylic acids is 1. The summed E-state index contributed by atoms with van der Waals surface area (Å²) in [6.07, 6.45) is 5.62. The number of piperidine rings is 1. The fourth-order valence-electron chi connectivity index (χ4n) is 3.55. The van der Waals surface area contributed by atoms with Crippen molar-refractivity contribution in [1.29, 1.82) is 5.26 Å². The molecule has 1 amide bonds. The lowest BCUT2D eigenvalue weighted by molar-refractivity contribution is 0.0177. The first-order chi connectivity index (χ1) is 13.2. The smallest absolute Gasteiger partial charge is 0.410 e. The van der Waals surface area contributed by atoms with Gasteiger partial charge in [-0.15, -0.1) is 0 Å². The fourth-order valence-corrected chi connectivity index (χ4v) is 3.55. The average molecular weight is 380 g/mol.